The fourth-order valence-corrected chi connectivity index (χ4v) is 0.318. The van der Waals surface area contributed by atoms with Gasteiger partial charge in [0.25, 0.3) is 0 Å². The molecule has 0 spiro atoms. The van der Waals surface area contributed by atoms with Crippen LogP contribution in [0.5, 0.6) is 0 Å². The summed E-state index contributed by atoms with van der Waals surface area (Å²) >= 11 is 0. The summed E-state index contributed by atoms with van der Waals surface area (Å²) in [6, 6.07) is 0. The number of rotatable bonds is 4. The third-order valence-corrected chi connectivity index (χ3v) is 0.801. The maximum Gasteiger partial charge on any atom is 0.123 e. The number of carbonyl (C=O) groups is 2. The van der Waals surface area contributed by atoms with Gasteiger partial charge >= 0.3 is 0 Å². The van der Waals surface area contributed by atoms with Gasteiger partial charge in [-0.05, 0) is 6.42 Å². The van der Waals surface area contributed by atoms with Gasteiger partial charge in [-0.2, -0.15) is 0 Å². The molecular weight excluding hydrogens is 140 g/mol. The lowest BCUT2D eigenvalue weighted by atomic mass is 10.3. The Morgan fingerprint density at radius 2 is 1.45 bits per heavy atom. The van der Waals surface area contributed by atoms with E-state index in [0.29, 0.717) is 12.8 Å². The number of hydrogen-bond donors (Lipinski definition) is 0. The molecule has 0 aliphatic heterocycles. The Kier molecular flexibility index (Phi) is 18.6. The van der Waals surface area contributed by atoms with E-state index in [0.717, 1.165) is 19.0 Å². The zero-order valence-electron chi connectivity index (χ0n) is 7.25. The van der Waals surface area contributed by atoms with Gasteiger partial charge in [0.1, 0.15) is 12.6 Å². The quantitative estimate of drug-likeness (QED) is 0.461. The number of hydrogen-bond acceptors (Lipinski definition) is 2. The van der Waals surface area contributed by atoms with Crippen LogP contribution in [0, 0.1) is 0 Å². The first kappa shape index (κ1) is 12.7. The lowest BCUT2D eigenvalue weighted by Crippen LogP contribution is -1.63. The Morgan fingerprint density at radius 3 is 1.73 bits per heavy atom. The lowest BCUT2D eigenvalue weighted by Gasteiger charge is -1.72. The van der Waals surface area contributed by atoms with Crippen molar-refractivity contribution < 1.29 is 9.59 Å². The fourth-order valence-electron chi connectivity index (χ4n) is 0.318. The standard InChI is InChI=1S/C6H10O.C3H6O/c1-2-3-4-5-6-7;1-2-3-4/h3-4,6H,2,5H2,1H3;3H,2H2,1H3/b4-3-;. The van der Waals surface area contributed by atoms with Crippen LogP contribution >= 0.6 is 0 Å². The molecule has 0 aromatic carbocycles. The van der Waals surface area contributed by atoms with Crippen molar-refractivity contribution in [2.24, 2.45) is 0 Å². The summed E-state index contributed by atoms with van der Waals surface area (Å²) in [6.07, 6.45) is 7.84. The van der Waals surface area contributed by atoms with E-state index in [4.69, 9.17) is 0 Å². The molecule has 0 rings (SSSR count). The minimum atomic E-state index is 0.563. The van der Waals surface area contributed by atoms with Crippen molar-refractivity contribution >= 4 is 12.6 Å². The van der Waals surface area contributed by atoms with E-state index in [9.17, 15) is 9.59 Å². The second-order valence-electron chi connectivity index (χ2n) is 1.86. The Hall–Kier alpha value is -0.920. The molecule has 0 fully saturated rings. The SMILES string of the molecule is CC/C=C\CC=O.CCC=O. The second kappa shape index (κ2) is 16.0. The predicted octanol–water partition coefficient (Wildman–Crippen LogP) is 2.14. The predicted molar refractivity (Wildman–Crippen MR) is 46.5 cm³/mol. The fraction of sp³-hybridized carbons (Fsp3) is 0.556. The molecule has 0 N–H and O–H groups in total. The molecule has 0 aromatic heterocycles. The van der Waals surface area contributed by atoms with Crippen molar-refractivity contribution in [3.8, 4) is 0 Å². The molecule has 0 saturated carbocycles. The van der Waals surface area contributed by atoms with Crippen molar-refractivity contribution in [1.29, 1.82) is 0 Å². The largest absolute Gasteiger partial charge is 0.303 e. The van der Waals surface area contributed by atoms with Crippen LogP contribution in [-0.2, 0) is 9.59 Å². The molecule has 0 saturated heterocycles. The molecule has 0 atom stereocenters. The smallest absolute Gasteiger partial charge is 0.123 e. The normalized spacial score (nSPS) is 8.55. The van der Waals surface area contributed by atoms with Crippen molar-refractivity contribution in [3.63, 3.8) is 0 Å². The Morgan fingerprint density at radius 1 is 0.909 bits per heavy atom. The van der Waals surface area contributed by atoms with Crippen LogP contribution in [0.2, 0.25) is 0 Å². The molecular formula is C9H16O2. The highest BCUT2D eigenvalue weighted by Crippen LogP contribution is 1.80. The average Bonchev–Trinajstić information content (AvgIpc) is 2.06. The van der Waals surface area contributed by atoms with Crippen LogP contribution in [0.15, 0.2) is 12.2 Å². The minimum absolute atomic E-state index is 0.563. The zero-order chi connectivity index (χ0) is 8.95. The van der Waals surface area contributed by atoms with E-state index in [1.54, 1.807) is 0 Å². The van der Waals surface area contributed by atoms with Gasteiger partial charge in [-0.25, -0.2) is 0 Å². The van der Waals surface area contributed by atoms with Crippen molar-refractivity contribution in [2.75, 3.05) is 0 Å². The summed E-state index contributed by atoms with van der Waals surface area (Å²) in [7, 11) is 0. The van der Waals surface area contributed by atoms with Crippen molar-refractivity contribution in [2.45, 2.75) is 33.1 Å². The zero-order valence-corrected chi connectivity index (χ0v) is 7.25. The van der Waals surface area contributed by atoms with E-state index in [1.807, 2.05) is 26.0 Å². The topological polar surface area (TPSA) is 34.1 Å². The first-order valence-corrected chi connectivity index (χ1v) is 3.85. The lowest BCUT2D eigenvalue weighted by molar-refractivity contribution is -0.108. The summed E-state index contributed by atoms with van der Waals surface area (Å²) in [6.45, 7) is 3.86. The van der Waals surface area contributed by atoms with Crippen LogP contribution < -0.4 is 0 Å². The van der Waals surface area contributed by atoms with Gasteiger partial charge in [-0.1, -0.05) is 26.0 Å². The maximum atomic E-state index is 9.63. The Balaban J connectivity index is 0. The molecule has 0 aliphatic carbocycles. The van der Waals surface area contributed by atoms with Gasteiger partial charge in [0.05, 0.1) is 0 Å². The molecule has 0 unspecified atom stereocenters. The minimum Gasteiger partial charge on any atom is -0.303 e. The van der Waals surface area contributed by atoms with Crippen molar-refractivity contribution in [3.05, 3.63) is 12.2 Å². The maximum absolute atomic E-state index is 9.63. The van der Waals surface area contributed by atoms with E-state index in [1.165, 1.54) is 0 Å². The van der Waals surface area contributed by atoms with Crippen LogP contribution in [0.25, 0.3) is 0 Å². The monoisotopic (exact) mass is 156 g/mol. The summed E-state index contributed by atoms with van der Waals surface area (Å²) in [5, 5.41) is 0. The van der Waals surface area contributed by atoms with Crippen LogP contribution in [0.4, 0.5) is 0 Å². The molecule has 64 valence electrons. The Bertz CT molecular complexity index is 106. The molecule has 2 nitrogen and oxygen atoms in total. The molecule has 0 amide bonds. The third kappa shape index (κ3) is 27.3. The molecule has 0 radical (unpaired) electrons. The Labute approximate surface area is 68.3 Å². The number of carbonyl (C=O) groups excluding carboxylic acids is 2. The average molecular weight is 156 g/mol. The molecule has 0 aromatic rings. The van der Waals surface area contributed by atoms with Gasteiger partial charge in [0, 0.05) is 12.8 Å². The number of allylic oxidation sites excluding steroid dienone is 2. The second-order valence-corrected chi connectivity index (χ2v) is 1.86. The summed E-state index contributed by atoms with van der Waals surface area (Å²) < 4.78 is 0. The molecule has 11 heavy (non-hydrogen) atoms. The molecule has 0 aliphatic rings. The third-order valence-electron chi connectivity index (χ3n) is 0.801. The molecule has 2 heteroatoms. The summed E-state index contributed by atoms with van der Waals surface area (Å²) in [5.74, 6) is 0. The first-order valence-electron chi connectivity index (χ1n) is 3.85. The van der Waals surface area contributed by atoms with Crippen molar-refractivity contribution in [1.82, 2.24) is 0 Å². The summed E-state index contributed by atoms with van der Waals surface area (Å²) in [5.41, 5.74) is 0. The van der Waals surface area contributed by atoms with E-state index < -0.39 is 0 Å². The van der Waals surface area contributed by atoms with E-state index in [2.05, 4.69) is 0 Å². The van der Waals surface area contributed by atoms with Crippen LogP contribution in [0.1, 0.15) is 33.1 Å². The number of aldehydes is 2. The van der Waals surface area contributed by atoms with Crippen LogP contribution in [-0.4, -0.2) is 12.6 Å². The highest BCUT2D eigenvalue weighted by molar-refractivity contribution is 5.51. The highest BCUT2D eigenvalue weighted by atomic mass is 16.1. The first-order chi connectivity index (χ1) is 5.33. The van der Waals surface area contributed by atoms with Gasteiger partial charge < -0.3 is 9.59 Å². The van der Waals surface area contributed by atoms with Crippen LogP contribution in [0.3, 0.4) is 0 Å². The van der Waals surface area contributed by atoms with Gasteiger partial charge in [0.2, 0.25) is 0 Å². The summed E-state index contributed by atoms with van der Waals surface area (Å²) in [4.78, 5) is 18.8. The van der Waals surface area contributed by atoms with E-state index in [-0.39, 0.29) is 0 Å². The highest BCUT2D eigenvalue weighted by Gasteiger charge is 1.67. The van der Waals surface area contributed by atoms with E-state index >= 15 is 0 Å². The van der Waals surface area contributed by atoms with Gasteiger partial charge in [-0.15, -0.1) is 0 Å². The van der Waals surface area contributed by atoms with Gasteiger partial charge in [0.15, 0.2) is 0 Å². The molecule has 0 bridgehead atoms. The molecule has 0 heterocycles. The van der Waals surface area contributed by atoms with Gasteiger partial charge in [-0.3, -0.25) is 0 Å².